The Morgan fingerprint density at radius 3 is 2.47 bits per heavy atom. The minimum absolute atomic E-state index is 0.0749. The fraction of sp³-hybridized carbons (Fsp3) is 0.857. The molecule has 0 saturated heterocycles. The summed E-state index contributed by atoms with van der Waals surface area (Å²) in [6.07, 6.45) is 4.43. The van der Waals surface area contributed by atoms with E-state index in [1.165, 1.54) is 0 Å². The highest BCUT2D eigenvalue weighted by Gasteiger charge is 2.27. The van der Waals surface area contributed by atoms with E-state index < -0.39 is 6.04 Å². The van der Waals surface area contributed by atoms with Gasteiger partial charge >= 0.3 is 0 Å². The highest BCUT2D eigenvalue weighted by Crippen LogP contribution is 2.26. The standard InChI is InChI=1S/C14H27N3O2/c1-4-9(2)16-14(19)10(3)17-13(18)8-11-6-5-7-12(11)15/h9-12H,4-8,15H2,1-3H3,(H,16,19)(H,17,18)/t9?,10?,11-,12+/m0/s1. The van der Waals surface area contributed by atoms with E-state index in [0.29, 0.717) is 6.42 Å². The Morgan fingerprint density at radius 1 is 1.26 bits per heavy atom. The van der Waals surface area contributed by atoms with Gasteiger partial charge in [-0.15, -0.1) is 0 Å². The fourth-order valence-corrected chi connectivity index (χ4v) is 2.39. The first-order valence-electron chi connectivity index (χ1n) is 7.29. The maximum Gasteiger partial charge on any atom is 0.242 e. The molecule has 0 heterocycles. The maximum absolute atomic E-state index is 11.9. The van der Waals surface area contributed by atoms with Crippen LogP contribution in [0.3, 0.4) is 0 Å². The Kier molecular flexibility index (Phi) is 6.28. The molecular weight excluding hydrogens is 242 g/mol. The van der Waals surface area contributed by atoms with Gasteiger partial charge in [0.15, 0.2) is 0 Å². The van der Waals surface area contributed by atoms with Crippen molar-refractivity contribution in [1.82, 2.24) is 10.6 Å². The second kappa shape index (κ2) is 7.48. The highest BCUT2D eigenvalue weighted by atomic mass is 16.2. The minimum atomic E-state index is -0.487. The number of rotatable bonds is 6. The van der Waals surface area contributed by atoms with Gasteiger partial charge in [-0.2, -0.15) is 0 Å². The van der Waals surface area contributed by atoms with Crippen LogP contribution in [0.1, 0.15) is 52.9 Å². The van der Waals surface area contributed by atoms with Gasteiger partial charge in [-0.05, 0) is 39.0 Å². The van der Waals surface area contributed by atoms with Crippen LogP contribution < -0.4 is 16.4 Å². The molecule has 4 N–H and O–H groups in total. The molecule has 0 aromatic carbocycles. The molecule has 0 aromatic heterocycles. The van der Waals surface area contributed by atoms with E-state index in [2.05, 4.69) is 10.6 Å². The molecule has 19 heavy (non-hydrogen) atoms. The molecule has 5 heteroatoms. The van der Waals surface area contributed by atoms with Gasteiger partial charge in [0, 0.05) is 18.5 Å². The first-order chi connectivity index (χ1) is 8.93. The zero-order chi connectivity index (χ0) is 14.4. The zero-order valence-corrected chi connectivity index (χ0v) is 12.2. The monoisotopic (exact) mass is 269 g/mol. The SMILES string of the molecule is CCC(C)NC(=O)C(C)NC(=O)C[C@@H]1CCC[C@H]1N. The van der Waals surface area contributed by atoms with Crippen molar-refractivity contribution in [2.75, 3.05) is 0 Å². The molecule has 0 spiro atoms. The van der Waals surface area contributed by atoms with E-state index in [0.717, 1.165) is 25.7 Å². The lowest BCUT2D eigenvalue weighted by Gasteiger charge is -2.19. The van der Waals surface area contributed by atoms with Crippen LogP contribution in [0.4, 0.5) is 0 Å². The Bertz CT molecular complexity index is 320. The Morgan fingerprint density at radius 2 is 1.95 bits per heavy atom. The molecule has 0 radical (unpaired) electrons. The second-order valence-electron chi connectivity index (χ2n) is 5.67. The fourth-order valence-electron chi connectivity index (χ4n) is 2.39. The molecule has 2 unspecified atom stereocenters. The minimum Gasteiger partial charge on any atom is -0.352 e. The van der Waals surface area contributed by atoms with Gasteiger partial charge in [-0.25, -0.2) is 0 Å². The van der Waals surface area contributed by atoms with Crippen LogP contribution in [0.25, 0.3) is 0 Å². The third kappa shape index (κ3) is 5.19. The molecule has 5 nitrogen and oxygen atoms in total. The molecule has 0 aromatic rings. The topological polar surface area (TPSA) is 84.2 Å². The van der Waals surface area contributed by atoms with Crippen molar-refractivity contribution in [3.05, 3.63) is 0 Å². The molecule has 1 aliphatic carbocycles. The van der Waals surface area contributed by atoms with Crippen LogP contribution in [-0.2, 0) is 9.59 Å². The number of carbonyl (C=O) groups excluding carboxylic acids is 2. The summed E-state index contributed by atoms with van der Waals surface area (Å²) in [5.41, 5.74) is 5.94. The van der Waals surface area contributed by atoms with Crippen molar-refractivity contribution in [3.8, 4) is 0 Å². The van der Waals surface area contributed by atoms with Crippen molar-refractivity contribution in [1.29, 1.82) is 0 Å². The van der Waals surface area contributed by atoms with Gasteiger partial charge in [0.25, 0.3) is 0 Å². The number of hydrogen-bond donors (Lipinski definition) is 3. The second-order valence-corrected chi connectivity index (χ2v) is 5.67. The number of hydrogen-bond acceptors (Lipinski definition) is 3. The van der Waals surface area contributed by atoms with E-state index in [9.17, 15) is 9.59 Å². The van der Waals surface area contributed by atoms with Crippen molar-refractivity contribution >= 4 is 11.8 Å². The van der Waals surface area contributed by atoms with Crippen LogP contribution >= 0.6 is 0 Å². The lowest BCUT2D eigenvalue weighted by Crippen LogP contribution is -2.47. The number of amides is 2. The largest absolute Gasteiger partial charge is 0.352 e. The summed E-state index contributed by atoms with van der Waals surface area (Å²) in [4.78, 5) is 23.7. The van der Waals surface area contributed by atoms with Gasteiger partial charge in [0.2, 0.25) is 11.8 Å². The van der Waals surface area contributed by atoms with Crippen molar-refractivity contribution in [2.24, 2.45) is 11.7 Å². The lowest BCUT2D eigenvalue weighted by molar-refractivity contribution is -0.129. The molecule has 1 saturated carbocycles. The number of carbonyl (C=O) groups is 2. The molecule has 1 aliphatic rings. The number of nitrogens with two attached hydrogens (primary N) is 1. The van der Waals surface area contributed by atoms with Gasteiger partial charge < -0.3 is 16.4 Å². The van der Waals surface area contributed by atoms with Crippen LogP contribution in [0.15, 0.2) is 0 Å². The molecule has 0 aliphatic heterocycles. The van der Waals surface area contributed by atoms with Crippen LogP contribution in [0.5, 0.6) is 0 Å². The van der Waals surface area contributed by atoms with Crippen LogP contribution in [-0.4, -0.2) is 29.9 Å². The normalized spacial score (nSPS) is 25.7. The molecule has 4 atom stereocenters. The van der Waals surface area contributed by atoms with E-state index in [1.807, 2.05) is 13.8 Å². The first kappa shape index (κ1) is 16.0. The third-order valence-corrected chi connectivity index (χ3v) is 3.94. The average molecular weight is 269 g/mol. The first-order valence-corrected chi connectivity index (χ1v) is 7.29. The summed E-state index contributed by atoms with van der Waals surface area (Å²) in [6.45, 7) is 5.67. The highest BCUT2D eigenvalue weighted by molar-refractivity contribution is 5.87. The van der Waals surface area contributed by atoms with Crippen LogP contribution in [0, 0.1) is 5.92 Å². The Labute approximate surface area is 115 Å². The van der Waals surface area contributed by atoms with Gasteiger partial charge in [-0.1, -0.05) is 13.3 Å². The smallest absolute Gasteiger partial charge is 0.242 e. The summed E-state index contributed by atoms with van der Waals surface area (Å²) in [6, 6.07) is -0.218. The van der Waals surface area contributed by atoms with Crippen molar-refractivity contribution in [3.63, 3.8) is 0 Å². The van der Waals surface area contributed by atoms with Crippen LogP contribution in [0.2, 0.25) is 0 Å². The molecule has 1 fully saturated rings. The lowest BCUT2D eigenvalue weighted by atomic mass is 10.00. The predicted molar refractivity (Wildman–Crippen MR) is 75.4 cm³/mol. The Hall–Kier alpha value is -1.10. The quantitative estimate of drug-likeness (QED) is 0.670. The van der Waals surface area contributed by atoms with E-state index in [1.54, 1.807) is 6.92 Å². The van der Waals surface area contributed by atoms with Gasteiger partial charge in [0.05, 0.1) is 0 Å². The summed E-state index contributed by atoms with van der Waals surface area (Å²) >= 11 is 0. The Balaban J connectivity index is 2.32. The molecule has 110 valence electrons. The van der Waals surface area contributed by atoms with Crippen molar-refractivity contribution in [2.45, 2.75) is 71.0 Å². The zero-order valence-electron chi connectivity index (χ0n) is 12.2. The summed E-state index contributed by atoms with van der Waals surface area (Å²) in [5.74, 6) is 0.0670. The van der Waals surface area contributed by atoms with E-state index in [-0.39, 0.29) is 29.8 Å². The maximum atomic E-state index is 11.9. The molecule has 0 bridgehead atoms. The molecule has 2 amide bonds. The molecular formula is C14H27N3O2. The van der Waals surface area contributed by atoms with E-state index in [4.69, 9.17) is 5.73 Å². The summed E-state index contributed by atoms with van der Waals surface area (Å²) in [7, 11) is 0. The van der Waals surface area contributed by atoms with E-state index >= 15 is 0 Å². The van der Waals surface area contributed by atoms with Crippen molar-refractivity contribution < 1.29 is 9.59 Å². The average Bonchev–Trinajstić information content (AvgIpc) is 2.74. The third-order valence-electron chi connectivity index (χ3n) is 3.94. The summed E-state index contributed by atoms with van der Waals surface area (Å²) in [5, 5.41) is 5.61. The van der Waals surface area contributed by atoms with Gasteiger partial charge in [-0.3, -0.25) is 9.59 Å². The molecule has 1 rings (SSSR count). The summed E-state index contributed by atoms with van der Waals surface area (Å²) < 4.78 is 0. The number of nitrogens with one attached hydrogen (secondary N) is 2. The predicted octanol–water partition coefficient (Wildman–Crippen LogP) is 0.923. The van der Waals surface area contributed by atoms with Gasteiger partial charge in [0.1, 0.15) is 6.04 Å².